The van der Waals surface area contributed by atoms with E-state index in [1.54, 1.807) is 0 Å². The van der Waals surface area contributed by atoms with Crippen molar-refractivity contribution in [2.24, 2.45) is 0 Å². The van der Waals surface area contributed by atoms with E-state index < -0.39 is 0 Å². The molecular formula is C11H24N2. The summed E-state index contributed by atoms with van der Waals surface area (Å²) in [5, 5.41) is 3.63. The van der Waals surface area contributed by atoms with E-state index in [0.717, 1.165) is 12.1 Å². The second kappa shape index (κ2) is 4.97. The zero-order valence-corrected chi connectivity index (χ0v) is 9.51. The third kappa shape index (κ3) is 3.28. The predicted octanol–water partition coefficient (Wildman–Crippen LogP) is 1.86. The maximum atomic E-state index is 3.63. The second-order valence-corrected chi connectivity index (χ2v) is 4.52. The molecule has 1 fully saturated rings. The number of hydrogen-bond donors (Lipinski definition) is 1. The monoisotopic (exact) mass is 184 g/mol. The quantitative estimate of drug-likeness (QED) is 0.720. The van der Waals surface area contributed by atoms with E-state index in [1.165, 1.54) is 25.9 Å². The van der Waals surface area contributed by atoms with Crippen molar-refractivity contribution in [3.8, 4) is 0 Å². The first-order valence-corrected chi connectivity index (χ1v) is 5.63. The molecule has 0 spiro atoms. The highest BCUT2D eigenvalue weighted by Crippen LogP contribution is 2.16. The predicted molar refractivity (Wildman–Crippen MR) is 58.0 cm³/mol. The van der Waals surface area contributed by atoms with Gasteiger partial charge in [-0.2, -0.15) is 0 Å². The summed E-state index contributed by atoms with van der Waals surface area (Å²) < 4.78 is 0. The lowest BCUT2D eigenvalue weighted by Crippen LogP contribution is -2.48. The zero-order chi connectivity index (χ0) is 9.84. The molecule has 1 N–H and O–H groups in total. The van der Waals surface area contributed by atoms with Gasteiger partial charge in [-0.25, -0.2) is 0 Å². The summed E-state index contributed by atoms with van der Waals surface area (Å²) in [6.07, 6.45) is 2.63. The average molecular weight is 184 g/mol. The summed E-state index contributed by atoms with van der Waals surface area (Å²) >= 11 is 0. The Labute approximate surface area is 82.7 Å². The molecule has 0 saturated carbocycles. The van der Waals surface area contributed by atoms with Gasteiger partial charge in [0.15, 0.2) is 0 Å². The number of nitrogens with one attached hydrogen (secondary N) is 1. The van der Waals surface area contributed by atoms with Crippen molar-refractivity contribution in [3.63, 3.8) is 0 Å². The minimum atomic E-state index is 0.630. The van der Waals surface area contributed by atoms with E-state index in [-0.39, 0.29) is 0 Å². The molecule has 0 aliphatic carbocycles. The largest absolute Gasteiger partial charge is 0.312 e. The van der Waals surface area contributed by atoms with Crippen molar-refractivity contribution in [2.45, 2.75) is 58.7 Å². The average Bonchev–Trinajstić information content (AvgIpc) is 2.03. The molecule has 1 heterocycles. The van der Waals surface area contributed by atoms with Crippen molar-refractivity contribution in [3.05, 3.63) is 0 Å². The van der Waals surface area contributed by atoms with E-state index in [4.69, 9.17) is 0 Å². The molecule has 0 aromatic heterocycles. The molecule has 2 atom stereocenters. The maximum Gasteiger partial charge on any atom is 0.00963 e. The van der Waals surface area contributed by atoms with Gasteiger partial charge in [-0.3, -0.25) is 0 Å². The van der Waals surface area contributed by atoms with Crippen LogP contribution in [0, 0.1) is 0 Å². The Kier molecular flexibility index (Phi) is 4.20. The first-order valence-electron chi connectivity index (χ1n) is 5.63. The summed E-state index contributed by atoms with van der Waals surface area (Å²) in [6, 6.07) is 2.14. The van der Waals surface area contributed by atoms with Gasteiger partial charge in [-0.05, 0) is 32.9 Å². The van der Waals surface area contributed by atoms with E-state index in [0.29, 0.717) is 6.04 Å². The lowest BCUT2D eigenvalue weighted by molar-refractivity contribution is 0.140. The smallest absolute Gasteiger partial charge is 0.00963 e. The van der Waals surface area contributed by atoms with Crippen LogP contribution in [0.2, 0.25) is 0 Å². The van der Waals surface area contributed by atoms with E-state index in [1.807, 2.05) is 0 Å². The number of nitrogens with zero attached hydrogens (tertiary/aromatic N) is 1. The van der Waals surface area contributed by atoms with Crippen LogP contribution in [-0.4, -0.2) is 36.1 Å². The van der Waals surface area contributed by atoms with Crippen LogP contribution in [0.5, 0.6) is 0 Å². The van der Waals surface area contributed by atoms with Crippen LogP contribution in [0.3, 0.4) is 0 Å². The third-order valence-corrected chi connectivity index (χ3v) is 2.99. The third-order valence-electron chi connectivity index (χ3n) is 2.99. The molecular weight excluding hydrogens is 160 g/mol. The summed E-state index contributed by atoms with van der Waals surface area (Å²) in [6.45, 7) is 11.5. The van der Waals surface area contributed by atoms with Gasteiger partial charge in [0, 0.05) is 18.1 Å². The fourth-order valence-corrected chi connectivity index (χ4v) is 2.31. The van der Waals surface area contributed by atoms with Crippen molar-refractivity contribution >= 4 is 0 Å². The van der Waals surface area contributed by atoms with Gasteiger partial charge in [-0.15, -0.1) is 0 Å². The molecule has 1 aliphatic heterocycles. The minimum absolute atomic E-state index is 0.630. The minimum Gasteiger partial charge on any atom is -0.312 e. The van der Waals surface area contributed by atoms with Gasteiger partial charge in [0.05, 0.1) is 0 Å². The molecule has 0 amide bonds. The van der Waals surface area contributed by atoms with Crippen molar-refractivity contribution < 1.29 is 0 Å². The van der Waals surface area contributed by atoms with Gasteiger partial charge in [-0.1, -0.05) is 20.8 Å². The molecule has 1 unspecified atom stereocenters. The Hall–Kier alpha value is -0.0800. The second-order valence-electron chi connectivity index (χ2n) is 4.52. The lowest BCUT2D eigenvalue weighted by Gasteiger charge is -2.38. The molecule has 0 radical (unpaired) electrons. The standard InChI is InChI=1S/C11H24N2/c1-5-13-7-6-11(8-10(13)4)12-9(2)3/h9-12H,5-8H2,1-4H3/t10-,11?/m0/s1. The molecule has 78 valence electrons. The number of piperidine rings is 1. The van der Waals surface area contributed by atoms with Gasteiger partial charge in [0.25, 0.3) is 0 Å². The Morgan fingerprint density at radius 2 is 2.15 bits per heavy atom. The van der Waals surface area contributed by atoms with Crippen LogP contribution < -0.4 is 5.32 Å². The highest BCUT2D eigenvalue weighted by atomic mass is 15.2. The van der Waals surface area contributed by atoms with Crippen molar-refractivity contribution in [1.29, 1.82) is 0 Å². The number of likely N-dealkylation sites (tertiary alicyclic amines) is 1. The molecule has 0 aromatic rings. The highest BCUT2D eigenvalue weighted by Gasteiger charge is 2.23. The highest BCUT2D eigenvalue weighted by molar-refractivity contribution is 4.82. The van der Waals surface area contributed by atoms with Gasteiger partial charge in [0.1, 0.15) is 0 Å². The molecule has 1 saturated heterocycles. The van der Waals surface area contributed by atoms with Crippen LogP contribution in [0.1, 0.15) is 40.5 Å². The molecule has 0 bridgehead atoms. The van der Waals surface area contributed by atoms with Crippen LogP contribution in [0.4, 0.5) is 0 Å². The Bertz CT molecular complexity index is 145. The summed E-state index contributed by atoms with van der Waals surface area (Å²) in [5.74, 6) is 0. The van der Waals surface area contributed by atoms with Crippen LogP contribution in [-0.2, 0) is 0 Å². The summed E-state index contributed by atoms with van der Waals surface area (Å²) in [4.78, 5) is 2.57. The maximum absolute atomic E-state index is 3.63. The first kappa shape index (κ1) is 11.0. The van der Waals surface area contributed by atoms with Crippen LogP contribution >= 0.6 is 0 Å². The lowest BCUT2D eigenvalue weighted by atomic mass is 9.98. The van der Waals surface area contributed by atoms with Crippen LogP contribution in [0.25, 0.3) is 0 Å². The Morgan fingerprint density at radius 1 is 1.46 bits per heavy atom. The topological polar surface area (TPSA) is 15.3 Å². The van der Waals surface area contributed by atoms with Gasteiger partial charge < -0.3 is 10.2 Å². The van der Waals surface area contributed by atoms with E-state index >= 15 is 0 Å². The molecule has 13 heavy (non-hydrogen) atoms. The molecule has 0 aromatic carbocycles. The first-order chi connectivity index (χ1) is 6.13. The molecule has 1 aliphatic rings. The van der Waals surface area contributed by atoms with Gasteiger partial charge >= 0.3 is 0 Å². The zero-order valence-electron chi connectivity index (χ0n) is 9.51. The van der Waals surface area contributed by atoms with Crippen molar-refractivity contribution in [2.75, 3.05) is 13.1 Å². The molecule has 2 nitrogen and oxygen atoms in total. The summed E-state index contributed by atoms with van der Waals surface area (Å²) in [7, 11) is 0. The molecule has 1 rings (SSSR count). The number of rotatable bonds is 3. The SMILES string of the molecule is CCN1CCC(NC(C)C)C[C@@H]1C. The Balaban J connectivity index is 2.32. The van der Waals surface area contributed by atoms with Gasteiger partial charge in [0.2, 0.25) is 0 Å². The van der Waals surface area contributed by atoms with E-state index in [2.05, 4.69) is 37.9 Å². The van der Waals surface area contributed by atoms with Crippen molar-refractivity contribution in [1.82, 2.24) is 10.2 Å². The fraction of sp³-hybridized carbons (Fsp3) is 1.00. The number of hydrogen-bond acceptors (Lipinski definition) is 2. The Morgan fingerprint density at radius 3 is 2.62 bits per heavy atom. The van der Waals surface area contributed by atoms with E-state index in [9.17, 15) is 0 Å². The fourth-order valence-electron chi connectivity index (χ4n) is 2.31. The van der Waals surface area contributed by atoms with Crippen LogP contribution in [0.15, 0.2) is 0 Å². The summed E-state index contributed by atoms with van der Waals surface area (Å²) in [5.41, 5.74) is 0. The normalized spacial score (nSPS) is 31.2. The molecule has 2 heteroatoms.